The molecule has 0 spiro atoms. The smallest absolute Gasteiger partial charge is 0.233 e. The molecule has 0 unspecified atom stereocenters. The molecule has 0 saturated heterocycles. The molecular weight excluding hydrogens is 405 g/mol. The number of rotatable bonds is 6. The van der Waals surface area contributed by atoms with Crippen LogP contribution in [-0.2, 0) is 16.4 Å². The van der Waals surface area contributed by atoms with E-state index in [1.54, 1.807) is 12.1 Å². The number of benzene rings is 3. The lowest BCUT2D eigenvalue weighted by Gasteiger charge is -2.03. The van der Waals surface area contributed by atoms with Crippen molar-refractivity contribution in [3.8, 4) is 28.3 Å². The maximum absolute atomic E-state index is 13.1. The van der Waals surface area contributed by atoms with Crippen LogP contribution in [0.4, 0.5) is 4.39 Å². The molecule has 0 amide bonds. The van der Waals surface area contributed by atoms with Crippen molar-refractivity contribution in [2.45, 2.75) is 11.5 Å². The fourth-order valence-corrected chi connectivity index (χ4v) is 3.57. The Hall–Kier alpha value is -3.45. The summed E-state index contributed by atoms with van der Waals surface area (Å²) >= 11 is 0. The second kappa shape index (κ2) is 8.12. The molecule has 152 valence electrons. The van der Waals surface area contributed by atoms with Crippen LogP contribution in [-0.4, -0.2) is 19.7 Å². The van der Waals surface area contributed by atoms with E-state index in [2.05, 4.69) is 4.98 Å². The first-order valence-corrected chi connectivity index (χ1v) is 11.0. The highest BCUT2D eigenvalue weighted by Crippen LogP contribution is 2.33. The minimum atomic E-state index is -3.29. The summed E-state index contributed by atoms with van der Waals surface area (Å²) in [4.78, 5) is 4.81. The van der Waals surface area contributed by atoms with Gasteiger partial charge in [0.2, 0.25) is 5.89 Å². The van der Waals surface area contributed by atoms with Gasteiger partial charge in [-0.3, -0.25) is 0 Å². The van der Waals surface area contributed by atoms with Gasteiger partial charge in [0, 0.05) is 17.4 Å². The Morgan fingerprint density at radius 2 is 1.57 bits per heavy atom. The molecule has 0 aliphatic heterocycles. The third kappa shape index (κ3) is 4.41. The van der Waals surface area contributed by atoms with Gasteiger partial charge in [0.25, 0.3) is 0 Å². The maximum Gasteiger partial charge on any atom is 0.233 e. The zero-order valence-electron chi connectivity index (χ0n) is 16.1. The number of halogens is 1. The van der Waals surface area contributed by atoms with Crippen molar-refractivity contribution in [2.24, 2.45) is 0 Å². The summed E-state index contributed by atoms with van der Waals surface area (Å²) < 4.78 is 48.2. The number of ether oxygens (including phenoxy) is 1. The standard InChI is InChI=1S/C23H18FNO4S/c1-30(26,27)20-13-7-17(8-14-20)23-22(16-5-3-2-4-6-16)25-21(29-23)15-28-19-11-9-18(24)10-12-19/h2-14H,15H2,1H3. The molecule has 7 heteroatoms. The fraction of sp³-hybridized carbons (Fsp3) is 0.0870. The van der Waals surface area contributed by atoms with Crippen LogP contribution in [0.15, 0.2) is 88.2 Å². The van der Waals surface area contributed by atoms with E-state index in [9.17, 15) is 12.8 Å². The summed E-state index contributed by atoms with van der Waals surface area (Å²) in [5.74, 6) is 1.01. The second-order valence-electron chi connectivity index (χ2n) is 6.69. The van der Waals surface area contributed by atoms with Gasteiger partial charge >= 0.3 is 0 Å². The van der Waals surface area contributed by atoms with E-state index in [0.717, 1.165) is 11.8 Å². The van der Waals surface area contributed by atoms with Gasteiger partial charge in [0.05, 0.1) is 4.90 Å². The zero-order chi connectivity index (χ0) is 21.1. The van der Waals surface area contributed by atoms with Gasteiger partial charge in [-0.2, -0.15) is 0 Å². The summed E-state index contributed by atoms with van der Waals surface area (Å²) in [7, 11) is -3.29. The Balaban J connectivity index is 1.68. The minimum Gasteiger partial charge on any atom is -0.484 e. The molecule has 0 radical (unpaired) electrons. The van der Waals surface area contributed by atoms with Crippen LogP contribution in [0.2, 0.25) is 0 Å². The second-order valence-corrected chi connectivity index (χ2v) is 8.71. The molecule has 0 aliphatic rings. The van der Waals surface area contributed by atoms with Crippen molar-refractivity contribution in [1.29, 1.82) is 0 Å². The zero-order valence-corrected chi connectivity index (χ0v) is 16.9. The Morgan fingerprint density at radius 1 is 0.900 bits per heavy atom. The monoisotopic (exact) mass is 423 g/mol. The van der Waals surface area contributed by atoms with Crippen molar-refractivity contribution >= 4 is 9.84 Å². The Labute approximate surface area is 173 Å². The lowest BCUT2D eigenvalue weighted by molar-refractivity contribution is 0.264. The quantitative estimate of drug-likeness (QED) is 0.430. The van der Waals surface area contributed by atoms with Gasteiger partial charge in [-0.1, -0.05) is 30.3 Å². The minimum absolute atomic E-state index is 0.0624. The predicted molar refractivity (Wildman–Crippen MR) is 111 cm³/mol. The van der Waals surface area contributed by atoms with Crippen molar-refractivity contribution in [3.05, 3.63) is 90.6 Å². The average molecular weight is 423 g/mol. The lowest BCUT2D eigenvalue weighted by atomic mass is 10.1. The largest absolute Gasteiger partial charge is 0.484 e. The van der Waals surface area contributed by atoms with E-state index in [-0.39, 0.29) is 17.3 Å². The Bertz CT molecular complexity index is 1250. The van der Waals surface area contributed by atoms with Crippen LogP contribution in [0.3, 0.4) is 0 Å². The molecule has 0 N–H and O–H groups in total. The molecule has 0 aliphatic carbocycles. The lowest BCUT2D eigenvalue weighted by Crippen LogP contribution is -1.96. The molecule has 0 atom stereocenters. The number of hydrogen-bond donors (Lipinski definition) is 0. The Morgan fingerprint density at radius 3 is 2.20 bits per heavy atom. The van der Waals surface area contributed by atoms with Crippen molar-refractivity contribution in [3.63, 3.8) is 0 Å². The molecule has 0 fully saturated rings. The summed E-state index contributed by atoms with van der Waals surface area (Å²) in [5, 5.41) is 0. The van der Waals surface area contributed by atoms with E-state index in [1.807, 2.05) is 30.3 Å². The van der Waals surface area contributed by atoms with Crippen molar-refractivity contribution in [2.75, 3.05) is 6.26 Å². The Kier molecular flexibility index (Phi) is 5.37. The van der Waals surface area contributed by atoms with E-state index in [4.69, 9.17) is 9.15 Å². The van der Waals surface area contributed by atoms with Gasteiger partial charge in [0.15, 0.2) is 22.2 Å². The van der Waals surface area contributed by atoms with Gasteiger partial charge < -0.3 is 9.15 Å². The molecule has 1 heterocycles. The van der Waals surface area contributed by atoms with Gasteiger partial charge in [-0.15, -0.1) is 0 Å². The van der Waals surface area contributed by atoms with Gasteiger partial charge in [0.1, 0.15) is 17.3 Å². The first kappa shape index (κ1) is 19.8. The number of oxazole rings is 1. The van der Waals surface area contributed by atoms with Crippen molar-refractivity contribution in [1.82, 2.24) is 4.98 Å². The number of sulfone groups is 1. The van der Waals surface area contributed by atoms with E-state index in [1.165, 1.54) is 36.4 Å². The summed E-state index contributed by atoms with van der Waals surface area (Å²) in [6.07, 6.45) is 1.16. The molecule has 1 aromatic heterocycles. The molecule has 4 aromatic rings. The van der Waals surface area contributed by atoms with Crippen molar-refractivity contribution < 1.29 is 22.0 Å². The highest BCUT2D eigenvalue weighted by Gasteiger charge is 2.18. The van der Waals surface area contributed by atoms with Gasteiger partial charge in [-0.05, 0) is 48.5 Å². The SMILES string of the molecule is CS(=O)(=O)c1ccc(-c2oc(COc3ccc(F)cc3)nc2-c2ccccc2)cc1. The fourth-order valence-electron chi connectivity index (χ4n) is 2.94. The molecule has 4 rings (SSSR count). The summed E-state index contributed by atoms with van der Waals surface area (Å²) in [5.41, 5.74) is 2.18. The normalized spacial score (nSPS) is 11.4. The molecule has 0 saturated carbocycles. The predicted octanol–water partition coefficient (Wildman–Crippen LogP) is 5.13. The molecule has 30 heavy (non-hydrogen) atoms. The first-order valence-electron chi connectivity index (χ1n) is 9.14. The number of aromatic nitrogens is 1. The highest BCUT2D eigenvalue weighted by molar-refractivity contribution is 7.90. The third-order valence-electron chi connectivity index (χ3n) is 4.44. The van der Waals surface area contributed by atoms with Crippen LogP contribution >= 0.6 is 0 Å². The average Bonchev–Trinajstić information content (AvgIpc) is 3.18. The van der Waals surface area contributed by atoms with E-state index < -0.39 is 9.84 Å². The molecule has 3 aromatic carbocycles. The maximum atomic E-state index is 13.1. The van der Waals surface area contributed by atoms with Crippen LogP contribution in [0.25, 0.3) is 22.6 Å². The van der Waals surface area contributed by atoms with Crippen LogP contribution in [0.1, 0.15) is 5.89 Å². The highest BCUT2D eigenvalue weighted by atomic mass is 32.2. The topological polar surface area (TPSA) is 69.4 Å². The number of hydrogen-bond acceptors (Lipinski definition) is 5. The van der Waals surface area contributed by atoms with E-state index >= 15 is 0 Å². The van der Waals surface area contributed by atoms with Gasteiger partial charge in [-0.25, -0.2) is 17.8 Å². The first-order chi connectivity index (χ1) is 14.4. The van der Waals surface area contributed by atoms with Crippen LogP contribution < -0.4 is 4.74 Å². The summed E-state index contributed by atoms with van der Waals surface area (Å²) in [6, 6.07) is 21.7. The molecular formula is C23H18FNO4S. The third-order valence-corrected chi connectivity index (χ3v) is 5.57. The summed E-state index contributed by atoms with van der Waals surface area (Å²) in [6.45, 7) is 0.0624. The molecule has 5 nitrogen and oxygen atoms in total. The van der Waals surface area contributed by atoms with Crippen LogP contribution in [0, 0.1) is 5.82 Å². The van der Waals surface area contributed by atoms with E-state index in [0.29, 0.717) is 28.7 Å². The molecule has 0 bridgehead atoms. The number of nitrogens with zero attached hydrogens (tertiary/aromatic N) is 1. The van der Waals surface area contributed by atoms with Crippen LogP contribution in [0.5, 0.6) is 5.75 Å².